The monoisotopic (exact) mass is 271 g/mol. The third-order valence-electron chi connectivity index (χ3n) is 3.64. The predicted molar refractivity (Wildman–Crippen MR) is 73.0 cm³/mol. The lowest BCUT2D eigenvalue weighted by Crippen LogP contribution is -2.39. The number of aromatic nitrogens is 4. The number of carbonyl (C=O) groups is 1. The van der Waals surface area contributed by atoms with Gasteiger partial charge in [-0.05, 0) is 32.3 Å². The SMILES string of the molecule is Cc1cnc(C(=O)N2CCCC[C@H]2c2ccn[nH]2)cn1. The van der Waals surface area contributed by atoms with Crippen molar-refractivity contribution in [1.82, 2.24) is 25.1 Å². The van der Waals surface area contributed by atoms with Gasteiger partial charge in [-0.3, -0.25) is 14.9 Å². The van der Waals surface area contributed by atoms with Crippen molar-refractivity contribution in [2.45, 2.75) is 32.2 Å². The van der Waals surface area contributed by atoms with Crippen LogP contribution >= 0.6 is 0 Å². The number of likely N-dealkylation sites (tertiary alicyclic amines) is 1. The van der Waals surface area contributed by atoms with Crippen LogP contribution in [0.5, 0.6) is 0 Å². The lowest BCUT2D eigenvalue weighted by Gasteiger charge is -2.34. The molecule has 20 heavy (non-hydrogen) atoms. The van der Waals surface area contributed by atoms with Crippen molar-refractivity contribution in [3.63, 3.8) is 0 Å². The Morgan fingerprint density at radius 1 is 1.35 bits per heavy atom. The molecular formula is C14H17N5O. The van der Waals surface area contributed by atoms with E-state index in [0.29, 0.717) is 5.69 Å². The van der Waals surface area contributed by atoms with Crippen LogP contribution in [0.15, 0.2) is 24.7 Å². The van der Waals surface area contributed by atoms with Crippen molar-refractivity contribution in [2.75, 3.05) is 6.54 Å². The molecule has 0 aromatic carbocycles. The largest absolute Gasteiger partial charge is 0.329 e. The van der Waals surface area contributed by atoms with E-state index in [9.17, 15) is 4.79 Å². The van der Waals surface area contributed by atoms with Crippen LogP contribution in [0.3, 0.4) is 0 Å². The van der Waals surface area contributed by atoms with E-state index in [1.54, 1.807) is 18.6 Å². The van der Waals surface area contributed by atoms with Gasteiger partial charge in [0.2, 0.25) is 0 Å². The highest BCUT2D eigenvalue weighted by molar-refractivity contribution is 5.92. The maximum Gasteiger partial charge on any atom is 0.274 e. The second kappa shape index (κ2) is 5.40. The number of carbonyl (C=O) groups excluding carboxylic acids is 1. The van der Waals surface area contributed by atoms with Crippen molar-refractivity contribution in [3.8, 4) is 0 Å². The van der Waals surface area contributed by atoms with Gasteiger partial charge in [0.05, 0.1) is 23.6 Å². The Morgan fingerprint density at radius 3 is 2.95 bits per heavy atom. The van der Waals surface area contributed by atoms with Gasteiger partial charge in [0.25, 0.3) is 5.91 Å². The first-order valence-corrected chi connectivity index (χ1v) is 6.84. The summed E-state index contributed by atoms with van der Waals surface area (Å²) in [4.78, 5) is 22.8. The minimum Gasteiger partial charge on any atom is -0.329 e. The number of rotatable bonds is 2. The maximum atomic E-state index is 12.6. The Kier molecular flexibility index (Phi) is 3.45. The summed E-state index contributed by atoms with van der Waals surface area (Å²) in [5.41, 5.74) is 2.20. The predicted octanol–water partition coefficient (Wildman–Crippen LogP) is 1.88. The molecule has 0 bridgehead atoms. The summed E-state index contributed by atoms with van der Waals surface area (Å²) in [7, 11) is 0. The molecule has 1 fully saturated rings. The van der Waals surface area contributed by atoms with Crippen molar-refractivity contribution in [3.05, 3.63) is 41.7 Å². The standard InChI is InChI=1S/C14H17N5O/c1-10-8-16-12(9-15-10)14(20)19-7-3-2-4-13(19)11-5-6-17-18-11/h5-6,8-9,13H,2-4,7H2,1H3,(H,17,18)/t13-/m0/s1. The molecule has 0 radical (unpaired) electrons. The number of amides is 1. The third kappa shape index (κ3) is 2.41. The van der Waals surface area contributed by atoms with E-state index in [4.69, 9.17) is 0 Å². The van der Waals surface area contributed by atoms with Crippen LogP contribution in [-0.4, -0.2) is 37.5 Å². The number of piperidine rings is 1. The van der Waals surface area contributed by atoms with E-state index in [1.807, 2.05) is 17.9 Å². The molecule has 1 saturated heterocycles. The highest BCUT2D eigenvalue weighted by atomic mass is 16.2. The molecule has 1 N–H and O–H groups in total. The fourth-order valence-electron chi connectivity index (χ4n) is 2.60. The lowest BCUT2D eigenvalue weighted by molar-refractivity contribution is 0.0599. The Bertz CT molecular complexity index is 578. The minimum atomic E-state index is -0.0585. The number of hydrogen-bond acceptors (Lipinski definition) is 4. The molecular weight excluding hydrogens is 254 g/mol. The molecule has 0 spiro atoms. The quantitative estimate of drug-likeness (QED) is 0.904. The topological polar surface area (TPSA) is 74.8 Å². The van der Waals surface area contributed by atoms with Crippen molar-refractivity contribution < 1.29 is 4.79 Å². The van der Waals surface area contributed by atoms with Gasteiger partial charge in [0, 0.05) is 18.9 Å². The normalized spacial score (nSPS) is 19.1. The van der Waals surface area contributed by atoms with Gasteiger partial charge in [-0.25, -0.2) is 4.98 Å². The van der Waals surface area contributed by atoms with E-state index in [-0.39, 0.29) is 11.9 Å². The fourth-order valence-corrected chi connectivity index (χ4v) is 2.60. The molecule has 2 aromatic heterocycles. The Hall–Kier alpha value is -2.24. The first-order chi connectivity index (χ1) is 9.75. The van der Waals surface area contributed by atoms with Crippen molar-refractivity contribution in [2.24, 2.45) is 0 Å². The smallest absolute Gasteiger partial charge is 0.274 e. The second-order valence-corrected chi connectivity index (χ2v) is 5.07. The molecule has 1 aliphatic heterocycles. The van der Waals surface area contributed by atoms with Crippen LogP contribution in [-0.2, 0) is 0 Å². The molecule has 3 rings (SSSR count). The number of aromatic amines is 1. The number of aryl methyl sites for hydroxylation is 1. The number of nitrogens with zero attached hydrogens (tertiary/aromatic N) is 4. The maximum absolute atomic E-state index is 12.6. The zero-order chi connectivity index (χ0) is 13.9. The minimum absolute atomic E-state index is 0.0573. The Labute approximate surface area is 117 Å². The number of nitrogens with one attached hydrogen (secondary N) is 1. The summed E-state index contributed by atoms with van der Waals surface area (Å²) in [5.74, 6) is -0.0585. The molecule has 3 heterocycles. The van der Waals surface area contributed by atoms with Crippen LogP contribution in [0.25, 0.3) is 0 Å². The van der Waals surface area contributed by atoms with E-state index >= 15 is 0 Å². The van der Waals surface area contributed by atoms with E-state index in [0.717, 1.165) is 37.2 Å². The summed E-state index contributed by atoms with van der Waals surface area (Å²) >= 11 is 0. The van der Waals surface area contributed by atoms with Gasteiger partial charge in [-0.2, -0.15) is 5.10 Å². The van der Waals surface area contributed by atoms with Crippen molar-refractivity contribution >= 4 is 5.91 Å². The average Bonchev–Trinajstić information content (AvgIpc) is 3.01. The van der Waals surface area contributed by atoms with Gasteiger partial charge >= 0.3 is 0 Å². The summed E-state index contributed by atoms with van der Waals surface area (Å²) in [6.07, 6.45) is 7.99. The molecule has 1 amide bonds. The molecule has 104 valence electrons. The summed E-state index contributed by atoms with van der Waals surface area (Å²) in [5, 5.41) is 6.96. The van der Waals surface area contributed by atoms with Crippen LogP contribution in [0.2, 0.25) is 0 Å². The number of H-pyrrole nitrogens is 1. The molecule has 0 aliphatic carbocycles. The summed E-state index contributed by atoms with van der Waals surface area (Å²) < 4.78 is 0. The molecule has 0 saturated carbocycles. The highest BCUT2D eigenvalue weighted by Crippen LogP contribution is 2.30. The van der Waals surface area contributed by atoms with E-state index in [1.165, 1.54) is 0 Å². The van der Waals surface area contributed by atoms with Crippen molar-refractivity contribution in [1.29, 1.82) is 0 Å². The molecule has 1 aliphatic rings. The lowest BCUT2D eigenvalue weighted by atomic mass is 9.99. The summed E-state index contributed by atoms with van der Waals surface area (Å²) in [6, 6.07) is 1.98. The van der Waals surface area contributed by atoms with Crippen LogP contribution in [0.4, 0.5) is 0 Å². The molecule has 6 nitrogen and oxygen atoms in total. The first kappa shape index (κ1) is 12.8. The fraction of sp³-hybridized carbons (Fsp3) is 0.429. The Morgan fingerprint density at radius 2 is 2.25 bits per heavy atom. The van der Waals surface area contributed by atoms with Crippen LogP contribution in [0, 0.1) is 6.92 Å². The first-order valence-electron chi connectivity index (χ1n) is 6.84. The second-order valence-electron chi connectivity index (χ2n) is 5.07. The van der Waals surface area contributed by atoms with Gasteiger partial charge in [-0.1, -0.05) is 0 Å². The van der Waals surface area contributed by atoms with Gasteiger partial charge in [0.1, 0.15) is 5.69 Å². The molecule has 0 unspecified atom stereocenters. The average molecular weight is 271 g/mol. The van der Waals surface area contributed by atoms with Crippen LogP contribution in [0.1, 0.15) is 47.2 Å². The van der Waals surface area contributed by atoms with E-state index < -0.39 is 0 Å². The molecule has 1 atom stereocenters. The zero-order valence-electron chi connectivity index (χ0n) is 11.4. The van der Waals surface area contributed by atoms with Crippen LogP contribution < -0.4 is 0 Å². The van der Waals surface area contributed by atoms with E-state index in [2.05, 4.69) is 20.2 Å². The third-order valence-corrected chi connectivity index (χ3v) is 3.64. The highest BCUT2D eigenvalue weighted by Gasteiger charge is 2.30. The summed E-state index contributed by atoms with van der Waals surface area (Å²) in [6.45, 7) is 2.60. The van der Waals surface area contributed by atoms with Gasteiger partial charge < -0.3 is 4.90 Å². The Balaban J connectivity index is 1.86. The molecule has 6 heteroatoms. The van der Waals surface area contributed by atoms with Gasteiger partial charge in [-0.15, -0.1) is 0 Å². The zero-order valence-corrected chi connectivity index (χ0v) is 11.4. The number of hydrogen-bond donors (Lipinski definition) is 1. The molecule has 2 aromatic rings. The van der Waals surface area contributed by atoms with Gasteiger partial charge in [0.15, 0.2) is 0 Å².